The maximum atomic E-state index is 13.6. The summed E-state index contributed by atoms with van der Waals surface area (Å²) in [6.07, 6.45) is 4.53. The molecule has 1 aromatic carbocycles. The van der Waals surface area contributed by atoms with E-state index in [9.17, 15) is 4.79 Å². The number of hydrogen-bond donors (Lipinski definition) is 0. The van der Waals surface area contributed by atoms with Gasteiger partial charge in [0.2, 0.25) is 0 Å². The van der Waals surface area contributed by atoms with Gasteiger partial charge in [-0.1, -0.05) is 48.3 Å². The molecule has 1 aliphatic carbocycles. The number of amides is 1. The zero-order chi connectivity index (χ0) is 19.0. The van der Waals surface area contributed by atoms with E-state index >= 15 is 0 Å². The van der Waals surface area contributed by atoms with E-state index in [0.29, 0.717) is 23.0 Å². The van der Waals surface area contributed by atoms with Crippen molar-refractivity contribution in [2.75, 3.05) is 0 Å². The van der Waals surface area contributed by atoms with Gasteiger partial charge >= 0.3 is 0 Å². The molecular formula is C22H25N3O2. The van der Waals surface area contributed by atoms with E-state index in [0.717, 1.165) is 29.5 Å². The average Bonchev–Trinajstić information content (AvgIpc) is 3.32. The molecule has 0 saturated heterocycles. The van der Waals surface area contributed by atoms with E-state index in [4.69, 9.17) is 4.52 Å². The Kier molecular flexibility index (Phi) is 4.68. The highest BCUT2D eigenvalue weighted by molar-refractivity contribution is 6.07. The summed E-state index contributed by atoms with van der Waals surface area (Å²) >= 11 is 0. The van der Waals surface area contributed by atoms with Gasteiger partial charge in [0, 0.05) is 17.6 Å². The van der Waals surface area contributed by atoms with Crippen LogP contribution in [0.2, 0.25) is 0 Å². The monoisotopic (exact) mass is 363 g/mol. The standard InChI is InChI=1S/C22H25N3O2/c1-14(2)25(17-11-7-8-12-17)22(26)18-13-19(16-9-5-4-6-10-16)23-21-20(18)15(3)24-27-21/h4-6,9-10,13-14,17H,7-8,11-12H2,1-3H3. The Morgan fingerprint density at radius 2 is 1.89 bits per heavy atom. The van der Waals surface area contributed by atoms with E-state index in [1.807, 2.05) is 48.2 Å². The number of nitrogens with zero attached hydrogens (tertiary/aromatic N) is 3. The van der Waals surface area contributed by atoms with Gasteiger partial charge in [0.25, 0.3) is 11.6 Å². The van der Waals surface area contributed by atoms with E-state index in [2.05, 4.69) is 24.0 Å². The first kappa shape index (κ1) is 17.7. The Balaban J connectivity index is 1.86. The molecule has 0 aliphatic heterocycles. The highest BCUT2D eigenvalue weighted by Gasteiger charge is 2.31. The van der Waals surface area contributed by atoms with E-state index in [1.54, 1.807) is 0 Å². The Hall–Kier alpha value is -2.69. The van der Waals surface area contributed by atoms with Gasteiger partial charge in [-0.05, 0) is 39.7 Å². The van der Waals surface area contributed by atoms with Crippen molar-refractivity contribution in [3.63, 3.8) is 0 Å². The van der Waals surface area contributed by atoms with Gasteiger partial charge in [0.15, 0.2) is 0 Å². The molecule has 1 fully saturated rings. The van der Waals surface area contributed by atoms with Crippen LogP contribution in [0.5, 0.6) is 0 Å². The number of carbonyl (C=O) groups is 1. The normalized spacial score (nSPS) is 15.0. The molecule has 140 valence electrons. The van der Waals surface area contributed by atoms with Crippen molar-refractivity contribution in [3.8, 4) is 11.3 Å². The molecule has 3 aromatic rings. The lowest BCUT2D eigenvalue weighted by Gasteiger charge is -2.33. The van der Waals surface area contributed by atoms with Crippen LogP contribution in [0, 0.1) is 6.92 Å². The van der Waals surface area contributed by atoms with Crippen LogP contribution in [0.3, 0.4) is 0 Å². The Morgan fingerprint density at radius 1 is 1.19 bits per heavy atom. The van der Waals surface area contributed by atoms with Crippen molar-refractivity contribution in [3.05, 3.63) is 47.7 Å². The molecule has 0 bridgehead atoms. The van der Waals surface area contributed by atoms with Crippen LogP contribution in [0.1, 0.15) is 55.6 Å². The summed E-state index contributed by atoms with van der Waals surface area (Å²) in [4.78, 5) is 20.3. The molecular weight excluding hydrogens is 338 g/mol. The summed E-state index contributed by atoms with van der Waals surface area (Å²) in [5.41, 5.74) is 3.46. The van der Waals surface area contributed by atoms with E-state index < -0.39 is 0 Å². The lowest BCUT2D eigenvalue weighted by molar-refractivity contribution is 0.0615. The van der Waals surface area contributed by atoms with Crippen LogP contribution >= 0.6 is 0 Å². The third-order valence-electron chi connectivity index (χ3n) is 5.43. The number of hydrogen-bond acceptors (Lipinski definition) is 4. The van der Waals surface area contributed by atoms with Crippen molar-refractivity contribution in [2.24, 2.45) is 0 Å². The second-order valence-electron chi connectivity index (χ2n) is 7.61. The molecule has 0 N–H and O–H groups in total. The molecule has 5 heteroatoms. The lowest BCUT2D eigenvalue weighted by Crippen LogP contribution is -2.43. The molecule has 1 amide bonds. The Bertz CT molecular complexity index is 956. The zero-order valence-corrected chi connectivity index (χ0v) is 16.1. The summed E-state index contributed by atoms with van der Waals surface area (Å²) in [6, 6.07) is 12.2. The summed E-state index contributed by atoms with van der Waals surface area (Å²) < 4.78 is 5.44. The molecule has 2 heterocycles. The molecule has 0 spiro atoms. The van der Waals surface area contributed by atoms with Crippen molar-refractivity contribution >= 4 is 17.0 Å². The minimum absolute atomic E-state index is 0.0489. The fourth-order valence-electron chi connectivity index (χ4n) is 4.16. The molecule has 27 heavy (non-hydrogen) atoms. The largest absolute Gasteiger partial charge is 0.335 e. The fourth-order valence-corrected chi connectivity index (χ4v) is 4.16. The molecule has 0 atom stereocenters. The minimum Gasteiger partial charge on any atom is -0.335 e. The van der Waals surface area contributed by atoms with Crippen molar-refractivity contribution in [1.82, 2.24) is 15.0 Å². The van der Waals surface area contributed by atoms with Crippen molar-refractivity contribution in [2.45, 2.75) is 58.5 Å². The van der Waals surface area contributed by atoms with Crippen LogP contribution < -0.4 is 0 Å². The molecule has 5 nitrogen and oxygen atoms in total. The first-order chi connectivity index (χ1) is 13.1. The number of rotatable bonds is 4. The minimum atomic E-state index is 0.0489. The van der Waals surface area contributed by atoms with Crippen LogP contribution in [-0.2, 0) is 0 Å². The number of benzene rings is 1. The highest BCUT2D eigenvalue weighted by atomic mass is 16.5. The van der Waals surface area contributed by atoms with Gasteiger partial charge in [-0.25, -0.2) is 4.98 Å². The summed E-state index contributed by atoms with van der Waals surface area (Å²) in [5, 5.41) is 4.79. The number of aryl methyl sites for hydroxylation is 1. The van der Waals surface area contributed by atoms with Gasteiger partial charge < -0.3 is 9.42 Å². The average molecular weight is 363 g/mol. The highest BCUT2D eigenvalue weighted by Crippen LogP contribution is 2.31. The van der Waals surface area contributed by atoms with Crippen LogP contribution in [0.25, 0.3) is 22.4 Å². The van der Waals surface area contributed by atoms with Gasteiger partial charge in [-0.3, -0.25) is 4.79 Å². The van der Waals surface area contributed by atoms with Crippen LogP contribution in [-0.4, -0.2) is 33.0 Å². The second kappa shape index (κ2) is 7.14. The van der Waals surface area contributed by atoms with Gasteiger partial charge in [0.05, 0.1) is 22.3 Å². The number of carbonyl (C=O) groups excluding carboxylic acids is 1. The second-order valence-corrected chi connectivity index (χ2v) is 7.61. The number of pyridine rings is 1. The summed E-state index contributed by atoms with van der Waals surface area (Å²) in [5.74, 6) is 0.0489. The molecule has 0 unspecified atom stereocenters. The first-order valence-electron chi connectivity index (χ1n) is 9.71. The molecule has 1 saturated carbocycles. The van der Waals surface area contributed by atoms with E-state index in [-0.39, 0.29) is 11.9 Å². The molecule has 1 aliphatic rings. The zero-order valence-electron chi connectivity index (χ0n) is 16.1. The quantitative estimate of drug-likeness (QED) is 0.655. The van der Waals surface area contributed by atoms with Gasteiger partial charge in [0.1, 0.15) is 0 Å². The first-order valence-corrected chi connectivity index (χ1v) is 9.71. The lowest BCUT2D eigenvalue weighted by atomic mass is 10.0. The van der Waals surface area contributed by atoms with Crippen LogP contribution in [0.15, 0.2) is 40.9 Å². The van der Waals surface area contributed by atoms with Crippen molar-refractivity contribution in [1.29, 1.82) is 0 Å². The van der Waals surface area contributed by atoms with Crippen molar-refractivity contribution < 1.29 is 9.32 Å². The fraction of sp³-hybridized carbons (Fsp3) is 0.409. The summed E-state index contributed by atoms with van der Waals surface area (Å²) in [7, 11) is 0. The molecule has 2 aromatic heterocycles. The molecule has 4 rings (SSSR count). The maximum absolute atomic E-state index is 13.6. The topological polar surface area (TPSA) is 59.2 Å². The number of fused-ring (bicyclic) bond motifs is 1. The predicted molar refractivity (Wildman–Crippen MR) is 106 cm³/mol. The molecule has 0 radical (unpaired) electrons. The predicted octanol–water partition coefficient (Wildman–Crippen LogP) is 4.99. The summed E-state index contributed by atoms with van der Waals surface area (Å²) in [6.45, 7) is 6.04. The Labute approximate surface area is 159 Å². The maximum Gasteiger partial charge on any atom is 0.259 e. The SMILES string of the molecule is Cc1noc2nc(-c3ccccc3)cc(C(=O)N(C(C)C)C3CCCC3)c12. The number of aromatic nitrogens is 2. The van der Waals surface area contributed by atoms with Crippen LogP contribution in [0.4, 0.5) is 0 Å². The Morgan fingerprint density at radius 3 is 2.56 bits per heavy atom. The smallest absolute Gasteiger partial charge is 0.259 e. The van der Waals surface area contributed by atoms with E-state index in [1.165, 1.54) is 12.8 Å². The third-order valence-corrected chi connectivity index (χ3v) is 5.43. The third kappa shape index (κ3) is 3.22. The van der Waals surface area contributed by atoms with Gasteiger partial charge in [-0.2, -0.15) is 0 Å². The van der Waals surface area contributed by atoms with Gasteiger partial charge in [-0.15, -0.1) is 0 Å².